The third-order valence-electron chi connectivity index (χ3n) is 1.46. The van der Waals surface area contributed by atoms with Gasteiger partial charge in [0.2, 0.25) is 0 Å². The van der Waals surface area contributed by atoms with Crippen LogP contribution in [-0.2, 0) is 4.74 Å². The first-order valence-corrected chi connectivity index (χ1v) is 5.23. The average molecular weight is 261 g/mol. The minimum Gasteiger partial charge on any atom is -0.458 e. The molecule has 0 radical (unpaired) electrons. The summed E-state index contributed by atoms with van der Waals surface area (Å²) in [6, 6.07) is 0.375. The zero-order chi connectivity index (χ0) is 10.4. The van der Waals surface area contributed by atoms with Gasteiger partial charge in [-0.1, -0.05) is 0 Å². The highest BCUT2D eigenvalue weighted by Crippen LogP contribution is 2.09. The van der Waals surface area contributed by atoms with Crippen molar-refractivity contribution in [2.45, 2.75) is 20.0 Å². The van der Waals surface area contributed by atoms with Crippen molar-refractivity contribution in [3.8, 4) is 6.01 Å². The molecule has 1 heterocycles. The van der Waals surface area contributed by atoms with Crippen molar-refractivity contribution in [1.29, 1.82) is 0 Å². The zero-order valence-electron chi connectivity index (χ0n) is 8.24. The van der Waals surface area contributed by atoms with E-state index in [9.17, 15) is 0 Å². The summed E-state index contributed by atoms with van der Waals surface area (Å²) >= 11 is 3.25. The van der Waals surface area contributed by atoms with E-state index in [-0.39, 0.29) is 6.10 Å². The van der Waals surface area contributed by atoms with Crippen LogP contribution in [0.25, 0.3) is 0 Å². The molecule has 1 atom stereocenters. The van der Waals surface area contributed by atoms with Crippen LogP contribution in [0.15, 0.2) is 16.9 Å². The lowest BCUT2D eigenvalue weighted by atomic mass is 10.4. The van der Waals surface area contributed by atoms with Gasteiger partial charge in [-0.25, -0.2) is 9.97 Å². The van der Waals surface area contributed by atoms with Crippen LogP contribution < -0.4 is 4.74 Å². The van der Waals surface area contributed by atoms with E-state index in [1.165, 1.54) is 0 Å². The molecule has 1 unspecified atom stereocenters. The van der Waals surface area contributed by atoms with E-state index in [4.69, 9.17) is 9.47 Å². The van der Waals surface area contributed by atoms with Crippen LogP contribution in [-0.4, -0.2) is 29.3 Å². The normalized spacial score (nSPS) is 12.5. The monoisotopic (exact) mass is 260 g/mol. The molecule has 0 aliphatic carbocycles. The van der Waals surface area contributed by atoms with Gasteiger partial charge in [0.1, 0.15) is 6.10 Å². The van der Waals surface area contributed by atoms with Crippen LogP contribution in [0.2, 0.25) is 0 Å². The quantitative estimate of drug-likeness (QED) is 0.813. The summed E-state index contributed by atoms with van der Waals surface area (Å²) in [7, 11) is 0. The Bertz CT molecular complexity index is 266. The second-order valence-corrected chi connectivity index (χ2v) is 3.69. The number of rotatable bonds is 5. The van der Waals surface area contributed by atoms with Gasteiger partial charge in [-0.3, -0.25) is 0 Å². The minimum absolute atomic E-state index is 0.0314. The number of hydrogen-bond acceptors (Lipinski definition) is 4. The van der Waals surface area contributed by atoms with Crippen LogP contribution >= 0.6 is 15.9 Å². The first-order valence-electron chi connectivity index (χ1n) is 4.44. The molecule has 78 valence electrons. The van der Waals surface area contributed by atoms with E-state index in [2.05, 4.69) is 25.9 Å². The molecule has 1 rings (SSSR count). The van der Waals surface area contributed by atoms with Crippen LogP contribution in [0, 0.1) is 0 Å². The van der Waals surface area contributed by atoms with E-state index in [1.54, 1.807) is 12.4 Å². The molecule has 0 N–H and O–H groups in total. The van der Waals surface area contributed by atoms with Gasteiger partial charge < -0.3 is 9.47 Å². The molecule has 1 aromatic heterocycles. The molecule has 0 amide bonds. The lowest BCUT2D eigenvalue weighted by molar-refractivity contribution is 0.0607. The molecule has 0 saturated heterocycles. The van der Waals surface area contributed by atoms with Gasteiger partial charge in [0.15, 0.2) is 0 Å². The molecule has 0 aliphatic rings. The van der Waals surface area contributed by atoms with Crippen molar-refractivity contribution in [1.82, 2.24) is 9.97 Å². The van der Waals surface area contributed by atoms with Crippen LogP contribution in [0.4, 0.5) is 0 Å². The average Bonchev–Trinajstić information content (AvgIpc) is 2.18. The van der Waals surface area contributed by atoms with Gasteiger partial charge in [-0.2, -0.15) is 0 Å². The SMILES string of the molecule is CCOCC(C)Oc1ncc(Br)cn1. The first-order chi connectivity index (χ1) is 6.72. The highest BCUT2D eigenvalue weighted by molar-refractivity contribution is 9.10. The Morgan fingerprint density at radius 3 is 2.64 bits per heavy atom. The second kappa shape index (κ2) is 5.93. The zero-order valence-corrected chi connectivity index (χ0v) is 9.82. The number of halogens is 1. The van der Waals surface area contributed by atoms with E-state index >= 15 is 0 Å². The van der Waals surface area contributed by atoms with Crippen molar-refractivity contribution >= 4 is 15.9 Å². The molecular weight excluding hydrogens is 248 g/mol. The molecule has 0 aliphatic heterocycles. The van der Waals surface area contributed by atoms with Crippen LogP contribution in [0.5, 0.6) is 6.01 Å². The smallest absolute Gasteiger partial charge is 0.316 e. The fourth-order valence-corrected chi connectivity index (χ4v) is 1.06. The largest absolute Gasteiger partial charge is 0.458 e. The highest BCUT2D eigenvalue weighted by atomic mass is 79.9. The molecular formula is C9H13BrN2O2. The van der Waals surface area contributed by atoms with Gasteiger partial charge in [-0.15, -0.1) is 0 Å². The third-order valence-corrected chi connectivity index (χ3v) is 1.87. The fraction of sp³-hybridized carbons (Fsp3) is 0.556. The molecule has 1 aromatic rings. The number of aromatic nitrogens is 2. The maximum atomic E-state index is 5.40. The Balaban J connectivity index is 2.39. The Morgan fingerprint density at radius 1 is 1.43 bits per heavy atom. The number of ether oxygens (including phenoxy) is 2. The molecule has 14 heavy (non-hydrogen) atoms. The summed E-state index contributed by atoms with van der Waals surface area (Å²) in [6.07, 6.45) is 3.27. The Kier molecular flexibility index (Phi) is 4.82. The Labute approximate surface area is 91.8 Å². The first kappa shape index (κ1) is 11.4. The molecule has 0 spiro atoms. The Hall–Kier alpha value is -0.680. The lowest BCUT2D eigenvalue weighted by Crippen LogP contribution is -2.20. The summed E-state index contributed by atoms with van der Waals surface area (Å²) in [4.78, 5) is 7.98. The molecule has 0 aromatic carbocycles. The van der Waals surface area contributed by atoms with Crippen LogP contribution in [0.1, 0.15) is 13.8 Å². The van der Waals surface area contributed by atoms with Crippen molar-refractivity contribution in [3.63, 3.8) is 0 Å². The van der Waals surface area contributed by atoms with Crippen LogP contribution in [0.3, 0.4) is 0 Å². The summed E-state index contributed by atoms with van der Waals surface area (Å²) in [5, 5.41) is 0. The maximum Gasteiger partial charge on any atom is 0.316 e. The lowest BCUT2D eigenvalue weighted by Gasteiger charge is -2.12. The molecule has 0 bridgehead atoms. The fourth-order valence-electron chi connectivity index (χ4n) is 0.859. The van der Waals surface area contributed by atoms with Crippen molar-refractivity contribution in [2.75, 3.05) is 13.2 Å². The molecule has 4 nitrogen and oxygen atoms in total. The minimum atomic E-state index is -0.0314. The number of hydrogen-bond donors (Lipinski definition) is 0. The van der Waals surface area contributed by atoms with E-state index < -0.39 is 0 Å². The predicted octanol–water partition coefficient (Wildman–Crippen LogP) is 2.04. The van der Waals surface area contributed by atoms with Gasteiger partial charge in [0, 0.05) is 19.0 Å². The van der Waals surface area contributed by atoms with Crippen molar-refractivity contribution in [3.05, 3.63) is 16.9 Å². The van der Waals surface area contributed by atoms with Gasteiger partial charge in [-0.05, 0) is 29.8 Å². The van der Waals surface area contributed by atoms with Crippen molar-refractivity contribution < 1.29 is 9.47 Å². The van der Waals surface area contributed by atoms with Crippen molar-refractivity contribution in [2.24, 2.45) is 0 Å². The van der Waals surface area contributed by atoms with E-state index in [1.807, 2.05) is 13.8 Å². The highest BCUT2D eigenvalue weighted by Gasteiger charge is 2.05. The summed E-state index contributed by atoms with van der Waals surface area (Å²) in [6.45, 7) is 5.11. The topological polar surface area (TPSA) is 44.2 Å². The Morgan fingerprint density at radius 2 is 2.07 bits per heavy atom. The maximum absolute atomic E-state index is 5.40. The van der Waals surface area contributed by atoms with Gasteiger partial charge in [0.25, 0.3) is 0 Å². The molecule has 0 fully saturated rings. The van der Waals surface area contributed by atoms with Gasteiger partial charge >= 0.3 is 6.01 Å². The molecule has 5 heteroatoms. The van der Waals surface area contributed by atoms with E-state index in [0.717, 1.165) is 4.47 Å². The summed E-state index contributed by atoms with van der Waals surface area (Å²) < 4.78 is 11.4. The third kappa shape index (κ3) is 4.02. The summed E-state index contributed by atoms with van der Waals surface area (Å²) in [5.41, 5.74) is 0. The number of nitrogens with zero attached hydrogens (tertiary/aromatic N) is 2. The second-order valence-electron chi connectivity index (χ2n) is 2.77. The molecule has 0 saturated carbocycles. The summed E-state index contributed by atoms with van der Waals surface area (Å²) in [5.74, 6) is 0. The standard InChI is InChI=1S/C9H13BrN2O2/c1-3-13-6-7(2)14-9-11-4-8(10)5-12-9/h4-5,7H,3,6H2,1-2H3. The van der Waals surface area contributed by atoms with E-state index in [0.29, 0.717) is 19.2 Å². The predicted molar refractivity (Wildman–Crippen MR) is 56.3 cm³/mol. The van der Waals surface area contributed by atoms with Gasteiger partial charge in [0.05, 0.1) is 11.1 Å².